The van der Waals surface area contributed by atoms with Crippen LogP contribution in [-0.4, -0.2) is 46.3 Å². The Labute approximate surface area is 125 Å². The molecule has 0 saturated carbocycles. The van der Waals surface area contributed by atoms with Gasteiger partial charge in [-0.15, -0.1) is 0 Å². The Hall–Kier alpha value is -1.40. The summed E-state index contributed by atoms with van der Waals surface area (Å²) >= 11 is 0. The van der Waals surface area contributed by atoms with E-state index < -0.39 is 9.84 Å². The van der Waals surface area contributed by atoms with Gasteiger partial charge in [-0.1, -0.05) is 6.07 Å². The average molecular weight is 307 g/mol. The third-order valence-corrected chi connectivity index (χ3v) is 6.78. The van der Waals surface area contributed by atoms with E-state index in [1.807, 2.05) is 29.7 Å². The van der Waals surface area contributed by atoms with Gasteiger partial charge in [-0.05, 0) is 32.4 Å². The molecule has 0 N–H and O–H groups in total. The number of hydrogen-bond acceptors (Lipinski definition) is 4. The van der Waals surface area contributed by atoms with Crippen LogP contribution in [0.4, 0.5) is 0 Å². The summed E-state index contributed by atoms with van der Waals surface area (Å²) in [4.78, 5) is 6.82. The first-order valence-electron chi connectivity index (χ1n) is 7.27. The zero-order chi connectivity index (χ0) is 15.2. The molecule has 21 heavy (non-hydrogen) atoms. The fourth-order valence-electron chi connectivity index (χ4n) is 2.89. The van der Waals surface area contributed by atoms with Gasteiger partial charge in [0.05, 0.1) is 16.7 Å². The van der Waals surface area contributed by atoms with Crippen molar-refractivity contribution >= 4 is 15.5 Å². The molecule has 2 aromatic heterocycles. The van der Waals surface area contributed by atoms with E-state index in [0.29, 0.717) is 13.1 Å². The molecule has 6 heteroatoms. The summed E-state index contributed by atoms with van der Waals surface area (Å²) in [5.74, 6) is 0.241. The number of fused-ring (bicyclic) bond motifs is 1. The number of pyridine rings is 1. The van der Waals surface area contributed by atoms with Gasteiger partial charge in [0.25, 0.3) is 0 Å². The molecule has 0 aliphatic carbocycles. The van der Waals surface area contributed by atoms with E-state index in [0.717, 1.165) is 11.3 Å². The standard InChI is InChI=1S/C15H21N3O2S/c1-11-4-5-15-16-14(10-18(15)8-11)9-17-6-7-21(19,20)13(3)12(17)2/h4-5,8,10,12-13H,6-7,9H2,1-3H3/t12-,13-/m1/s1. The minimum atomic E-state index is -2.93. The van der Waals surface area contributed by atoms with Crippen molar-refractivity contribution < 1.29 is 8.42 Å². The fourth-order valence-corrected chi connectivity index (χ4v) is 4.53. The third kappa shape index (κ3) is 2.70. The Morgan fingerprint density at radius 2 is 2.05 bits per heavy atom. The molecule has 3 heterocycles. The van der Waals surface area contributed by atoms with Crippen LogP contribution < -0.4 is 0 Å². The Balaban J connectivity index is 1.82. The van der Waals surface area contributed by atoms with Crippen molar-refractivity contribution in [2.75, 3.05) is 12.3 Å². The lowest BCUT2D eigenvalue weighted by atomic mass is 10.2. The zero-order valence-electron chi connectivity index (χ0n) is 12.7. The Kier molecular flexibility index (Phi) is 3.53. The van der Waals surface area contributed by atoms with Gasteiger partial charge in [-0.25, -0.2) is 13.4 Å². The number of rotatable bonds is 2. The van der Waals surface area contributed by atoms with Crippen molar-refractivity contribution in [3.8, 4) is 0 Å². The molecule has 0 amide bonds. The number of hydrogen-bond donors (Lipinski definition) is 0. The number of sulfone groups is 1. The van der Waals surface area contributed by atoms with Crippen LogP contribution in [0.5, 0.6) is 0 Å². The van der Waals surface area contributed by atoms with Crippen molar-refractivity contribution in [2.24, 2.45) is 0 Å². The first-order chi connectivity index (χ1) is 9.87. The van der Waals surface area contributed by atoms with E-state index in [1.165, 1.54) is 5.56 Å². The van der Waals surface area contributed by atoms with E-state index in [1.54, 1.807) is 6.92 Å². The van der Waals surface area contributed by atoms with E-state index in [4.69, 9.17) is 0 Å². The summed E-state index contributed by atoms with van der Waals surface area (Å²) < 4.78 is 25.9. The first kappa shape index (κ1) is 14.5. The highest BCUT2D eigenvalue weighted by atomic mass is 32.2. The maximum absolute atomic E-state index is 11.9. The predicted molar refractivity (Wildman–Crippen MR) is 83.0 cm³/mol. The number of imidazole rings is 1. The highest BCUT2D eigenvalue weighted by Gasteiger charge is 2.35. The second kappa shape index (κ2) is 5.10. The topological polar surface area (TPSA) is 54.7 Å². The largest absolute Gasteiger partial charge is 0.307 e. The number of nitrogens with zero attached hydrogens (tertiary/aromatic N) is 3. The Bertz CT molecular complexity index is 766. The molecule has 114 valence electrons. The minimum absolute atomic E-state index is 0.0234. The van der Waals surface area contributed by atoms with Gasteiger partial charge in [-0.2, -0.15) is 0 Å². The molecule has 0 bridgehead atoms. The quantitative estimate of drug-likeness (QED) is 0.846. The number of aryl methyl sites for hydroxylation is 1. The molecule has 1 fully saturated rings. The third-order valence-electron chi connectivity index (χ3n) is 4.50. The van der Waals surface area contributed by atoms with Gasteiger partial charge in [0, 0.05) is 31.5 Å². The molecular formula is C15H21N3O2S. The molecular weight excluding hydrogens is 286 g/mol. The maximum atomic E-state index is 11.9. The van der Waals surface area contributed by atoms with E-state index in [-0.39, 0.29) is 17.0 Å². The zero-order valence-corrected chi connectivity index (χ0v) is 13.5. The summed E-state index contributed by atoms with van der Waals surface area (Å²) in [6, 6.07) is 4.07. The van der Waals surface area contributed by atoms with Crippen molar-refractivity contribution in [2.45, 2.75) is 38.6 Å². The van der Waals surface area contributed by atoms with Crippen LogP contribution in [0.1, 0.15) is 25.1 Å². The highest BCUT2D eigenvalue weighted by Crippen LogP contribution is 2.21. The predicted octanol–water partition coefficient (Wildman–Crippen LogP) is 1.65. The van der Waals surface area contributed by atoms with Gasteiger partial charge >= 0.3 is 0 Å². The average Bonchev–Trinajstić information content (AvgIpc) is 2.81. The highest BCUT2D eigenvalue weighted by molar-refractivity contribution is 7.92. The Morgan fingerprint density at radius 1 is 1.29 bits per heavy atom. The Morgan fingerprint density at radius 3 is 2.81 bits per heavy atom. The van der Waals surface area contributed by atoms with Gasteiger partial charge in [0.1, 0.15) is 5.65 Å². The van der Waals surface area contributed by atoms with E-state index in [9.17, 15) is 8.42 Å². The van der Waals surface area contributed by atoms with Crippen LogP contribution in [0.15, 0.2) is 24.5 Å². The molecule has 1 aliphatic heterocycles. The fraction of sp³-hybridized carbons (Fsp3) is 0.533. The molecule has 2 atom stereocenters. The molecule has 1 aliphatic rings. The monoisotopic (exact) mass is 307 g/mol. The summed E-state index contributed by atoms with van der Waals surface area (Å²) in [6.07, 6.45) is 4.08. The molecule has 0 spiro atoms. The summed E-state index contributed by atoms with van der Waals surface area (Å²) in [5, 5.41) is -0.314. The smallest absolute Gasteiger partial charge is 0.155 e. The molecule has 2 aromatic rings. The molecule has 5 nitrogen and oxygen atoms in total. The first-order valence-corrected chi connectivity index (χ1v) is 8.98. The van der Waals surface area contributed by atoms with E-state index in [2.05, 4.69) is 23.0 Å². The van der Waals surface area contributed by atoms with Crippen LogP contribution in [0, 0.1) is 6.92 Å². The van der Waals surface area contributed by atoms with Crippen LogP contribution >= 0.6 is 0 Å². The van der Waals surface area contributed by atoms with Gasteiger partial charge in [0.15, 0.2) is 9.84 Å². The van der Waals surface area contributed by atoms with E-state index >= 15 is 0 Å². The summed E-state index contributed by atoms with van der Waals surface area (Å²) in [6.45, 7) is 7.13. The van der Waals surface area contributed by atoms with Gasteiger partial charge in [-0.3, -0.25) is 4.90 Å². The molecule has 1 saturated heterocycles. The number of aromatic nitrogens is 2. The second-order valence-corrected chi connectivity index (χ2v) is 8.46. The van der Waals surface area contributed by atoms with Crippen molar-refractivity contribution in [3.05, 3.63) is 35.8 Å². The molecule has 0 unspecified atom stereocenters. The van der Waals surface area contributed by atoms with Crippen LogP contribution in [-0.2, 0) is 16.4 Å². The van der Waals surface area contributed by atoms with Crippen molar-refractivity contribution in [1.29, 1.82) is 0 Å². The van der Waals surface area contributed by atoms with Gasteiger partial charge < -0.3 is 4.40 Å². The maximum Gasteiger partial charge on any atom is 0.155 e. The molecule has 3 rings (SSSR count). The van der Waals surface area contributed by atoms with Crippen molar-refractivity contribution in [3.63, 3.8) is 0 Å². The van der Waals surface area contributed by atoms with Crippen molar-refractivity contribution in [1.82, 2.24) is 14.3 Å². The summed E-state index contributed by atoms with van der Waals surface area (Å²) in [7, 11) is -2.93. The molecule has 0 aromatic carbocycles. The SMILES string of the molecule is Cc1ccc2nc(CN3CCS(=O)(=O)[C@H](C)[C@H]3C)cn2c1. The van der Waals surface area contributed by atoms with Crippen LogP contribution in [0.3, 0.4) is 0 Å². The normalized spacial score (nSPS) is 26.2. The van der Waals surface area contributed by atoms with Crippen LogP contribution in [0.2, 0.25) is 0 Å². The lowest BCUT2D eigenvalue weighted by Crippen LogP contribution is -2.51. The van der Waals surface area contributed by atoms with Gasteiger partial charge in [0.2, 0.25) is 0 Å². The summed E-state index contributed by atoms with van der Waals surface area (Å²) in [5.41, 5.74) is 3.11. The van der Waals surface area contributed by atoms with Crippen LogP contribution in [0.25, 0.3) is 5.65 Å². The lowest BCUT2D eigenvalue weighted by Gasteiger charge is -2.37. The molecule has 0 radical (unpaired) electrons. The lowest BCUT2D eigenvalue weighted by molar-refractivity contribution is 0.195. The minimum Gasteiger partial charge on any atom is -0.307 e. The second-order valence-electron chi connectivity index (χ2n) is 5.99.